The number of anilines is 3. The lowest BCUT2D eigenvalue weighted by Gasteiger charge is -2.31. The van der Waals surface area contributed by atoms with Crippen LogP contribution in [0.4, 0.5) is 16.4 Å². The molecule has 11 heteroatoms. The van der Waals surface area contributed by atoms with Crippen LogP contribution in [0.3, 0.4) is 0 Å². The number of nitrogens with two attached hydrogens (primary N) is 3. The molecular weight excluding hydrogens is 632 g/mol. The molecule has 3 unspecified atom stereocenters. The maximum atomic E-state index is 10.4. The first-order chi connectivity index (χ1) is 22.4. The van der Waals surface area contributed by atoms with Crippen molar-refractivity contribution in [3.63, 3.8) is 0 Å². The fourth-order valence-electron chi connectivity index (χ4n) is 4.77. The van der Waals surface area contributed by atoms with Gasteiger partial charge in [-0.15, -0.1) is 11.3 Å². The van der Waals surface area contributed by atoms with Gasteiger partial charge in [-0.05, 0) is 68.5 Å². The summed E-state index contributed by atoms with van der Waals surface area (Å²) in [6.07, 6.45) is 1.62. The number of hydrogen-bond donors (Lipinski definition) is 5. The monoisotopic (exact) mass is 678 g/mol. The molecule has 0 bridgehead atoms. The van der Waals surface area contributed by atoms with E-state index < -0.39 is 0 Å². The number of aryl methyl sites for hydroxylation is 1. The Morgan fingerprint density at radius 1 is 1.06 bits per heavy atom. The number of hydrogen-bond acceptors (Lipinski definition) is 9. The molecule has 0 saturated carbocycles. The summed E-state index contributed by atoms with van der Waals surface area (Å²) >= 11 is 7.75. The average Bonchev–Trinajstić information content (AvgIpc) is 3.25. The average molecular weight is 679 g/mol. The zero-order chi connectivity index (χ0) is 35.1. The third-order valence-corrected chi connectivity index (χ3v) is 9.14. The molecule has 2 heterocycles. The molecule has 8 N–H and O–H groups in total. The Kier molecular flexibility index (Phi) is 16.1. The summed E-state index contributed by atoms with van der Waals surface area (Å²) in [5.41, 5.74) is 26.3. The number of rotatable bonds is 6. The largest absolute Gasteiger partial charge is 0.483 e. The quantitative estimate of drug-likeness (QED) is 0.105. The van der Waals surface area contributed by atoms with Crippen molar-refractivity contribution in [3.8, 4) is 0 Å². The van der Waals surface area contributed by atoms with Crippen molar-refractivity contribution < 1.29 is 14.7 Å². The Morgan fingerprint density at radius 2 is 1.66 bits per heavy atom. The van der Waals surface area contributed by atoms with Gasteiger partial charge in [-0.25, -0.2) is 0 Å². The number of nitrogen functional groups attached to an aromatic ring is 1. The first kappa shape index (κ1) is 39.0. The van der Waals surface area contributed by atoms with Gasteiger partial charge in [-0.2, -0.15) is 0 Å². The highest BCUT2D eigenvalue weighted by molar-refractivity contribution is 7.16. The number of carbonyl (C=O) groups excluding carboxylic acids is 1. The molecule has 0 radical (unpaired) electrons. The first-order valence-corrected chi connectivity index (χ1v) is 16.5. The van der Waals surface area contributed by atoms with Crippen molar-refractivity contribution in [2.24, 2.45) is 16.5 Å². The molecule has 0 amide bonds. The number of benzene rings is 3. The summed E-state index contributed by atoms with van der Waals surface area (Å²) in [6, 6.07) is 23.2. The Bertz CT molecular complexity index is 1590. The maximum absolute atomic E-state index is 10.4. The molecule has 252 valence electrons. The van der Waals surface area contributed by atoms with Crippen molar-refractivity contribution in [1.29, 1.82) is 0 Å². The molecule has 47 heavy (non-hydrogen) atoms. The second-order valence-corrected chi connectivity index (χ2v) is 12.6. The maximum Gasteiger partial charge on any atom is 0.290 e. The van der Waals surface area contributed by atoms with E-state index in [1.54, 1.807) is 11.3 Å². The molecule has 0 saturated heterocycles. The number of nitrogens with one attached hydrogen (secondary N) is 1. The van der Waals surface area contributed by atoms with Gasteiger partial charge in [0, 0.05) is 33.6 Å². The van der Waals surface area contributed by atoms with Crippen LogP contribution in [0.2, 0.25) is 5.02 Å². The molecule has 9 nitrogen and oxygen atoms in total. The predicted octanol–water partition coefficient (Wildman–Crippen LogP) is 7.29. The molecule has 1 aliphatic heterocycles. The van der Waals surface area contributed by atoms with Crippen molar-refractivity contribution in [1.82, 2.24) is 0 Å². The lowest BCUT2D eigenvalue weighted by atomic mass is 9.98. The summed E-state index contributed by atoms with van der Waals surface area (Å²) in [7, 11) is 1.85. The number of para-hydroxylation sites is 2. The number of thiophene rings is 1. The Balaban J connectivity index is 0.000000267. The van der Waals surface area contributed by atoms with E-state index in [-0.39, 0.29) is 18.8 Å². The normalized spacial score (nSPS) is 14.5. The third kappa shape index (κ3) is 10.9. The van der Waals surface area contributed by atoms with Gasteiger partial charge in [0.25, 0.3) is 6.47 Å². The second kappa shape index (κ2) is 19.4. The van der Waals surface area contributed by atoms with E-state index in [1.165, 1.54) is 16.0 Å². The van der Waals surface area contributed by atoms with E-state index in [0.717, 1.165) is 56.5 Å². The van der Waals surface area contributed by atoms with Gasteiger partial charge in [-0.3, -0.25) is 14.6 Å². The minimum absolute atomic E-state index is 0.166. The topological polar surface area (TPSA) is 160 Å². The summed E-state index contributed by atoms with van der Waals surface area (Å²) in [5, 5.41) is 11.7. The van der Waals surface area contributed by atoms with Crippen molar-refractivity contribution in [3.05, 3.63) is 111 Å². The van der Waals surface area contributed by atoms with E-state index in [0.29, 0.717) is 12.5 Å². The highest BCUT2D eigenvalue weighted by Gasteiger charge is 2.30. The van der Waals surface area contributed by atoms with Gasteiger partial charge >= 0.3 is 0 Å². The SMILES string of the molecule is CCC(C)c1ccc(C=O)cc1.CNc1ccccc1N.Cc1sc2c(c1C)C(c1ccc(Cl)cc1)=NCC(N)N2C(C)N.O=CO. The highest BCUT2D eigenvalue weighted by Crippen LogP contribution is 2.39. The van der Waals surface area contributed by atoms with Crippen molar-refractivity contribution in [2.45, 2.75) is 59.3 Å². The number of fused-ring (bicyclic) bond motifs is 1. The summed E-state index contributed by atoms with van der Waals surface area (Å²) in [6.45, 7) is 10.8. The predicted molar refractivity (Wildman–Crippen MR) is 199 cm³/mol. The van der Waals surface area contributed by atoms with Gasteiger partial charge in [0.15, 0.2) is 0 Å². The fraction of sp³-hybridized carbons (Fsp3) is 0.306. The summed E-state index contributed by atoms with van der Waals surface area (Å²) in [5.74, 6) is 0.589. The smallest absolute Gasteiger partial charge is 0.290 e. The van der Waals surface area contributed by atoms with E-state index in [9.17, 15) is 4.79 Å². The zero-order valence-electron chi connectivity index (χ0n) is 27.9. The summed E-state index contributed by atoms with van der Waals surface area (Å²) in [4.78, 5) is 26.9. The molecule has 0 fully saturated rings. The molecule has 4 aromatic rings. The van der Waals surface area contributed by atoms with Crippen LogP contribution in [0.15, 0.2) is 77.8 Å². The Hall–Kier alpha value is -4.22. The van der Waals surface area contributed by atoms with E-state index in [4.69, 9.17) is 43.7 Å². The van der Waals surface area contributed by atoms with E-state index >= 15 is 0 Å². The van der Waals surface area contributed by atoms with Gasteiger partial charge in [0.1, 0.15) is 11.3 Å². The van der Waals surface area contributed by atoms with E-state index in [1.807, 2.05) is 86.8 Å². The van der Waals surface area contributed by atoms with Crippen LogP contribution in [0.25, 0.3) is 0 Å². The van der Waals surface area contributed by atoms with Crippen molar-refractivity contribution >= 4 is 57.8 Å². The van der Waals surface area contributed by atoms with Crippen LogP contribution in [-0.2, 0) is 4.79 Å². The molecule has 3 atom stereocenters. The van der Waals surface area contributed by atoms with Gasteiger partial charge < -0.3 is 32.5 Å². The standard InChI is InChI=1S/C17H21ClN4S.C11H14O.C7H10N2.CH2O2/c1-9-10(2)23-17-15(9)16(12-4-6-13(18)7-5-12)21-8-14(20)22(17)11(3)19;1-3-9(2)11-6-4-10(8-12)5-7-11;1-9-7-5-3-2-4-6(7)8;2-1-3/h4-7,11,14H,8,19-20H2,1-3H3;4-9H,3H2,1-2H3;2-5,9H,8H2,1H3;1H,(H,2,3). The zero-order valence-corrected chi connectivity index (χ0v) is 29.5. The lowest BCUT2D eigenvalue weighted by Crippen LogP contribution is -2.52. The molecule has 3 aromatic carbocycles. The van der Waals surface area contributed by atoms with Gasteiger partial charge in [0.05, 0.1) is 36.0 Å². The minimum Gasteiger partial charge on any atom is -0.483 e. The second-order valence-electron chi connectivity index (χ2n) is 10.9. The molecule has 0 aliphatic carbocycles. The number of aldehydes is 1. The van der Waals surface area contributed by atoms with Crippen LogP contribution < -0.4 is 27.4 Å². The molecule has 0 spiro atoms. The molecular formula is C36H47ClN6O3S. The molecule has 1 aliphatic rings. The minimum atomic E-state index is -0.250. The van der Waals surface area contributed by atoms with Crippen LogP contribution in [0.1, 0.15) is 70.6 Å². The number of carbonyl (C=O) groups is 2. The summed E-state index contributed by atoms with van der Waals surface area (Å²) < 4.78 is 0. The lowest BCUT2D eigenvalue weighted by molar-refractivity contribution is -0.122. The van der Waals surface area contributed by atoms with Crippen LogP contribution in [0, 0.1) is 13.8 Å². The third-order valence-electron chi connectivity index (χ3n) is 7.67. The van der Waals surface area contributed by atoms with Gasteiger partial charge in [0.2, 0.25) is 0 Å². The Morgan fingerprint density at radius 3 is 2.15 bits per heavy atom. The van der Waals surface area contributed by atoms with Crippen LogP contribution in [-0.4, -0.2) is 49.5 Å². The van der Waals surface area contributed by atoms with Crippen LogP contribution >= 0.6 is 22.9 Å². The number of nitrogens with zero attached hydrogens (tertiary/aromatic N) is 2. The fourth-order valence-corrected chi connectivity index (χ4v) is 6.20. The van der Waals surface area contributed by atoms with Crippen molar-refractivity contribution in [2.75, 3.05) is 29.5 Å². The molecule has 5 rings (SSSR count). The Labute approximate surface area is 287 Å². The van der Waals surface area contributed by atoms with Crippen LogP contribution in [0.5, 0.6) is 0 Å². The molecule has 1 aromatic heterocycles. The highest BCUT2D eigenvalue weighted by atomic mass is 35.5. The number of halogens is 1. The first-order valence-electron chi connectivity index (χ1n) is 15.3. The number of aliphatic imine (C=N–C) groups is 1. The number of carboxylic acid groups (broad SMARTS) is 1. The van der Waals surface area contributed by atoms with E-state index in [2.05, 4.69) is 37.9 Å². The van der Waals surface area contributed by atoms with Gasteiger partial charge in [-0.1, -0.05) is 74.0 Å².